The van der Waals surface area contributed by atoms with Crippen LogP contribution in [-0.4, -0.2) is 65.8 Å². The Morgan fingerprint density at radius 2 is 1.48 bits per heavy atom. The third-order valence-electron chi connectivity index (χ3n) is 8.60. The number of aromatic nitrogens is 2. The van der Waals surface area contributed by atoms with E-state index in [-0.39, 0.29) is 35.2 Å². The Labute approximate surface area is 307 Å². The molecule has 4 aromatic rings. The number of nitrogens with two attached hydrogens (primary N) is 1. The van der Waals surface area contributed by atoms with Crippen molar-refractivity contribution in [3.63, 3.8) is 0 Å². The van der Waals surface area contributed by atoms with E-state index in [0.717, 1.165) is 28.7 Å². The lowest BCUT2D eigenvalue weighted by atomic mass is 9.98. The van der Waals surface area contributed by atoms with Gasteiger partial charge in [0, 0.05) is 75.3 Å². The fourth-order valence-electron chi connectivity index (χ4n) is 5.69. The summed E-state index contributed by atoms with van der Waals surface area (Å²) in [6.07, 6.45) is 5.77. The number of halogens is 1. The van der Waals surface area contributed by atoms with Crippen molar-refractivity contribution in [3.8, 4) is 11.1 Å². The first-order valence-corrected chi connectivity index (χ1v) is 17.7. The number of rotatable bonds is 17. The monoisotopic (exact) mass is 725 g/mol. The molecule has 4 amide bonds. The zero-order chi connectivity index (χ0) is 36.9. The molecule has 1 saturated heterocycles. The van der Waals surface area contributed by atoms with Crippen molar-refractivity contribution in [1.29, 1.82) is 0 Å². The third-order valence-corrected chi connectivity index (χ3v) is 9.01. The van der Waals surface area contributed by atoms with Crippen molar-refractivity contribution in [2.24, 2.45) is 5.73 Å². The van der Waals surface area contributed by atoms with Gasteiger partial charge in [-0.1, -0.05) is 48.0 Å². The van der Waals surface area contributed by atoms with Gasteiger partial charge in [-0.3, -0.25) is 29.1 Å². The smallest absolute Gasteiger partial charge is 0.274 e. The number of pyridine rings is 2. The molecule has 0 spiro atoms. The molecule has 1 aliphatic heterocycles. The molecule has 0 aliphatic carbocycles. The van der Waals surface area contributed by atoms with Crippen LogP contribution in [0, 0.1) is 6.92 Å². The van der Waals surface area contributed by atoms with E-state index < -0.39 is 5.91 Å². The van der Waals surface area contributed by atoms with Crippen molar-refractivity contribution in [2.75, 3.05) is 36.8 Å². The molecule has 1 fully saturated rings. The van der Waals surface area contributed by atoms with Crippen LogP contribution in [-0.2, 0) is 22.7 Å². The summed E-state index contributed by atoms with van der Waals surface area (Å²) in [5.74, 6) is -0.689. The van der Waals surface area contributed by atoms with Crippen LogP contribution in [0.3, 0.4) is 0 Å². The fraction of sp³-hybridized carbons (Fsp3) is 0.316. The molecule has 5 rings (SSSR count). The summed E-state index contributed by atoms with van der Waals surface area (Å²) in [5.41, 5.74) is 11.0. The number of nitrogens with one attached hydrogen (secondary N) is 6. The largest absolute Gasteiger partial charge is 0.355 e. The lowest BCUT2D eigenvalue weighted by Crippen LogP contribution is -2.35. The molecular formula is C38H44ClN9O4. The Morgan fingerprint density at radius 3 is 2.10 bits per heavy atom. The molecular weight excluding hydrogens is 682 g/mol. The van der Waals surface area contributed by atoms with Gasteiger partial charge in [0.25, 0.3) is 11.8 Å². The lowest BCUT2D eigenvalue weighted by molar-refractivity contribution is -0.121. The van der Waals surface area contributed by atoms with Crippen molar-refractivity contribution in [2.45, 2.75) is 51.7 Å². The Hall–Kier alpha value is -5.21. The van der Waals surface area contributed by atoms with Gasteiger partial charge in [0.05, 0.1) is 10.7 Å². The van der Waals surface area contributed by atoms with Gasteiger partial charge in [0.2, 0.25) is 11.8 Å². The molecule has 272 valence electrons. The van der Waals surface area contributed by atoms with Crippen LogP contribution in [0.2, 0.25) is 5.02 Å². The second-order valence-electron chi connectivity index (χ2n) is 12.5. The van der Waals surface area contributed by atoms with Gasteiger partial charge in [-0.2, -0.15) is 0 Å². The number of carbonyl (C=O) groups excluding carboxylic acids is 4. The molecule has 13 nitrogen and oxygen atoms in total. The predicted octanol–water partition coefficient (Wildman–Crippen LogP) is 3.92. The molecule has 3 heterocycles. The van der Waals surface area contributed by atoms with Gasteiger partial charge in [-0.15, -0.1) is 0 Å². The zero-order valence-electron chi connectivity index (χ0n) is 29.1. The van der Waals surface area contributed by atoms with Crippen LogP contribution < -0.4 is 37.6 Å². The SMILES string of the molecule is Cc1c(NC(=O)c2ccc(CNCCNC(=O)CCCN)cn2)cccc1-c1cccc(NC(=O)c2ccc(CNC[C@@H]3CCC(=O)N3)cn2)c1Cl. The van der Waals surface area contributed by atoms with Crippen LogP contribution in [0.15, 0.2) is 73.1 Å². The summed E-state index contributed by atoms with van der Waals surface area (Å²) in [6, 6.07) is 18.0. The highest BCUT2D eigenvalue weighted by Gasteiger charge is 2.20. The van der Waals surface area contributed by atoms with E-state index >= 15 is 0 Å². The standard InChI is InChI=1S/C38H44ClN9O4/c1-24-28(5-2-7-30(24)47-37(51)32-13-10-25(21-44-32)19-41-17-18-43-34(49)9-4-16-40)29-6-3-8-31(36(29)39)48-38(52)33-14-11-26(22-45-33)20-42-23-27-12-15-35(50)46-27/h2-3,5-8,10-11,13-14,21-22,27,41-42H,4,9,12,15-20,23,40H2,1H3,(H,43,49)(H,46,50)(H,47,51)(H,48,52)/t27-/m0/s1. The van der Waals surface area contributed by atoms with Gasteiger partial charge >= 0.3 is 0 Å². The predicted molar refractivity (Wildman–Crippen MR) is 202 cm³/mol. The summed E-state index contributed by atoms with van der Waals surface area (Å²) >= 11 is 6.85. The van der Waals surface area contributed by atoms with Crippen LogP contribution in [0.25, 0.3) is 11.1 Å². The third kappa shape index (κ3) is 10.7. The second kappa shape index (κ2) is 18.9. The van der Waals surface area contributed by atoms with E-state index in [1.807, 2.05) is 37.3 Å². The average Bonchev–Trinajstić information content (AvgIpc) is 3.57. The summed E-state index contributed by atoms with van der Waals surface area (Å²) in [4.78, 5) is 58.0. The number of nitrogens with zero attached hydrogens (tertiary/aromatic N) is 2. The maximum atomic E-state index is 13.1. The van der Waals surface area contributed by atoms with Gasteiger partial charge in [-0.05, 0) is 72.8 Å². The molecule has 52 heavy (non-hydrogen) atoms. The number of anilines is 2. The minimum Gasteiger partial charge on any atom is -0.355 e. The Morgan fingerprint density at radius 1 is 0.846 bits per heavy atom. The van der Waals surface area contributed by atoms with Gasteiger partial charge in [0.15, 0.2) is 0 Å². The molecule has 0 radical (unpaired) electrons. The minimum atomic E-state index is -0.401. The van der Waals surface area contributed by atoms with Gasteiger partial charge in [0.1, 0.15) is 11.4 Å². The zero-order valence-corrected chi connectivity index (χ0v) is 29.8. The second-order valence-corrected chi connectivity index (χ2v) is 12.9. The van der Waals surface area contributed by atoms with E-state index in [1.54, 1.807) is 42.7 Å². The first-order chi connectivity index (χ1) is 25.2. The highest BCUT2D eigenvalue weighted by Crippen LogP contribution is 2.37. The minimum absolute atomic E-state index is 0.0135. The molecule has 0 bridgehead atoms. The quantitative estimate of drug-likeness (QED) is 0.0791. The van der Waals surface area contributed by atoms with Crippen molar-refractivity contribution < 1.29 is 19.2 Å². The van der Waals surface area contributed by atoms with Crippen LogP contribution >= 0.6 is 11.6 Å². The van der Waals surface area contributed by atoms with Gasteiger partial charge in [-0.25, -0.2) is 0 Å². The maximum Gasteiger partial charge on any atom is 0.274 e. The normalized spacial score (nSPS) is 13.8. The Bertz CT molecular complexity index is 1870. The number of benzene rings is 2. The molecule has 8 N–H and O–H groups in total. The Kier molecular flexibility index (Phi) is 13.8. The van der Waals surface area contributed by atoms with Crippen LogP contribution in [0.5, 0.6) is 0 Å². The topological polar surface area (TPSA) is 192 Å². The van der Waals surface area contributed by atoms with Crippen molar-refractivity contribution in [3.05, 3.63) is 106 Å². The van der Waals surface area contributed by atoms with Gasteiger partial charge < -0.3 is 37.6 Å². The van der Waals surface area contributed by atoms with E-state index in [2.05, 4.69) is 41.9 Å². The van der Waals surface area contributed by atoms with E-state index in [0.29, 0.717) is 80.5 Å². The summed E-state index contributed by atoms with van der Waals surface area (Å²) in [5, 5.41) is 18.5. The van der Waals surface area contributed by atoms with Crippen molar-refractivity contribution >= 4 is 46.6 Å². The molecule has 0 unspecified atom stereocenters. The molecule has 2 aromatic carbocycles. The molecule has 0 saturated carbocycles. The number of carbonyl (C=O) groups is 4. The molecule has 14 heteroatoms. The average molecular weight is 726 g/mol. The summed E-state index contributed by atoms with van der Waals surface area (Å²) in [6.45, 7) is 5.26. The first-order valence-electron chi connectivity index (χ1n) is 17.3. The fourth-order valence-corrected chi connectivity index (χ4v) is 5.97. The van der Waals surface area contributed by atoms with Crippen LogP contribution in [0.1, 0.15) is 63.4 Å². The molecule has 2 aromatic heterocycles. The summed E-state index contributed by atoms with van der Waals surface area (Å²) < 4.78 is 0. The maximum absolute atomic E-state index is 13.1. The number of hydrogen-bond donors (Lipinski definition) is 7. The highest BCUT2D eigenvalue weighted by atomic mass is 35.5. The first kappa shape index (κ1) is 38.0. The summed E-state index contributed by atoms with van der Waals surface area (Å²) in [7, 11) is 0. The van der Waals surface area contributed by atoms with E-state index in [1.165, 1.54) is 0 Å². The van der Waals surface area contributed by atoms with Crippen molar-refractivity contribution in [1.82, 2.24) is 31.2 Å². The van der Waals surface area contributed by atoms with E-state index in [9.17, 15) is 19.2 Å². The van der Waals surface area contributed by atoms with Crippen LogP contribution in [0.4, 0.5) is 11.4 Å². The number of amides is 4. The Balaban J connectivity index is 1.15. The van der Waals surface area contributed by atoms with E-state index in [4.69, 9.17) is 17.3 Å². The number of hydrogen-bond acceptors (Lipinski definition) is 9. The highest BCUT2D eigenvalue weighted by molar-refractivity contribution is 6.36. The lowest BCUT2D eigenvalue weighted by Gasteiger charge is -2.16. The molecule has 1 aliphatic rings. The molecule has 1 atom stereocenters.